The number of imide groups is 1. The highest BCUT2D eigenvalue weighted by atomic mass is 16.2. The maximum absolute atomic E-state index is 12.6. The summed E-state index contributed by atoms with van der Waals surface area (Å²) in [5.41, 5.74) is 0.662. The molecule has 0 unspecified atom stereocenters. The predicted octanol–water partition coefficient (Wildman–Crippen LogP) is 2.59. The Labute approximate surface area is 150 Å². The molecule has 4 atom stereocenters. The lowest BCUT2D eigenvalue weighted by atomic mass is 9.85. The maximum atomic E-state index is 12.6. The maximum Gasteiger partial charge on any atom is 0.244 e. The van der Waals surface area contributed by atoms with Crippen LogP contribution in [0.15, 0.2) is 54.6 Å². The minimum Gasteiger partial charge on any atom is -0.325 e. The van der Waals surface area contributed by atoms with Crippen LogP contribution >= 0.6 is 0 Å². The summed E-state index contributed by atoms with van der Waals surface area (Å²) in [4.78, 5) is 38.9. The topological polar surface area (TPSA) is 66.5 Å². The molecule has 2 aromatic carbocycles. The van der Waals surface area contributed by atoms with Gasteiger partial charge in [0.25, 0.3) is 0 Å². The number of carbonyl (C=O) groups is 3. The number of carbonyl (C=O) groups excluding carboxylic acids is 3. The summed E-state index contributed by atoms with van der Waals surface area (Å²) in [7, 11) is 0. The van der Waals surface area contributed by atoms with Crippen molar-refractivity contribution in [2.24, 2.45) is 23.7 Å². The fourth-order valence-corrected chi connectivity index (χ4v) is 4.73. The van der Waals surface area contributed by atoms with E-state index in [1.165, 1.54) is 0 Å². The van der Waals surface area contributed by atoms with Gasteiger partial charge < -0.3 is 5.32 Å². The second kappa shape index (κ2) is 5.53. The average molecular weight is 346 g/mol. The number of allylic oxidation sites excluding steroid dienone is 2. The molecular weight excluding hydrogens is 328 g/mol. The summed E-state index contributed by atoms with van der Waals surface area (Å²) in [6, 6.07) is 13.5. The smallest absolute Gasteiger partial charge is 0.244 e. The Morgan fingerprint density at radius 3 is 2.31 bits per heavy atom. The highest BCUT2D eigenvalue weighted by Gasteiger charge is 2.59. The minimum atomic E-state index is -0.345. The van der Waals surface area contributed by atoms with Crippen LogP contribution in [0.2, 0.25) is 0 Å². The van der Waals surface area contributed by atoms with Gasteiger partial charge in [0, 0.05) is 5.69 Å². The molecule has 1 aliphatic heterocycles. The van der Waals surface area contributed by atoms with E-state index in [1.54, 1.807) is 0 Å². The fraction of sp³-hybridized carbons (Fsp3) is 0.286. The molecule has 3 amide bonds. The molecule has 2 aromatic rings. The Hall–Kier alpha value is -2.95. The first-order valence-corrected chi connectivity index (χ1v) is 8.94. The molecular formula is C21H18N2O3. The lowest BCUT2D eigenvalue weighted by Crippen LogP contribution is -2.39. The summed E-state index contributed by atoms with van der Waals surface area (Å²) in [5, 5.41) is 4.92. The van der Waals surface area contributed by atoms with E-state index in [0.717, 1.165) is 22.1 Å². The summed E-state index contributed by atoms with van der Waals surface area (Å²) in [6.45, 7) is -0.211. The van der Waals surface area contributed by atoms with E-state index in [1.807, 2.05) is 42.5 Å². The van der Waals surface area contributed by atoms with Crippen LogP contribution in [0.3, 0.4) is 0 Å². The van der Waals surface area contributed by atoms with Gasteiger partial charge in [-0.15, -0.1) is 0 Å². The molecule has 26 heavy (non-hydrogen) atoms. The van der Waals surface area contributed by atoms with Crippen molar-refractivity contribution in [3.63, 3.8) is 0 Å². The van der Waals surface area contributed by atoms with E-state index >= 15 is 0 Å². The number of anilines is 1. The highest BCUT2D eigenvalue weighted by Crippen LogP contribution is 2.52. The second-order valence-corrected chi connectivity index (χ2v) is 7.37. The number of fused-ring (bicyclic) bond motifs is 6. The van der Waals surface area contributed by atoms with Crippen LogP contribution in [0.4, 0.5) is 5.69 Å². The van der Waals surface area contributed by atoms with Crippen molar-refractivity contribution in [3.8, 4) is 0 Å². The molecule has 5 rings (SSSR count). The van der Waals surface area contributed by atoms with Crippen molar-refractivity contribution in [1.82, 2.24) is 4.90 Å². The van der Waals surface area contributed by atoms with Crippen LogP contribution < -0.4 is 5.32 Å². The molecule has 3 aliphatic rings. The number of hydrogen-bond acceptors (Lipinski definition) is 3. The lowest BCUT2D eigenvalue weighted by Gasteiger charge is -2.17. The third-order valence-electron chi connectivity index (χ3n) is 5.90. The van der Waals surface area contributed by atoms with Gasteiger partial charge in [0.05, 0.1) is 11.8 Å². The molecule has 2 fully saturated rings. The van der Waals surface area contributed by atoms with E-state index in [-0.39, 0.29) is 47.9 Å². The standard InChI is InChI=1S/C21H18N2O3/c24-17(22-16-8-7-12-3-1-2-4-13(12)10-16)11-23-20(25)18-14-5-6-15(9-14)19(18)21(23)26/h1-8,10,14-15,18-19H,9,11H2,(H,22,24)/t14-,15-,18+,19+/m0/s1. The zero-order valence-corrected chi connectivity index (χ0v) is 14.1. The highest BCUT2D eigenvalue weighted by molar-refractivity contribution is 6.09. The number of hydrogen-bond donors (Lipinski definition) is 1. The molecule has 2 aliphatic carbocycles. The van der Waals surface area contributed by atoms with Gasteiger partial charge in [-0.25, -0.2) is 0 Å². The number of nitrogens with one attached hydrogen (secondary N) is 1. The Morgan fingerprint density at radius 1 is 0.962 bits per heavy atom. The number of likely N-dealkylation sites (tertiary alicyclic amines) is 1. The van der Waals surface area contributed by atoms with E-state index in [0.29, 0.717) is 5.69 Å². The first-order valence-electron chi connectivity index (χ1n) is 8.94. The average Bonchev–Trinajstić information content (AvgIpc) is 3.32. The van der Waals surface area contributed by atoms with Crippen molar-refractivity contribution in [2.45, 2.75) is 6.42 Å². The van der Waals surface area contributed by atoms with Crippen molar-refractivity contribution in [2.75, 3.05) is 11.9 Å². The monoisotopic (exact) mass is 346 g/mol. The summed E-state index contributed by atoms with van der Waals surface area (Å²) in [5.74, 6) is -0.916. The van der Waals surface area contributed by atoms with E-state index in [2.05, 4.69) is 17.5 Å². The van der Waals surface area contributed by atoms with E-state index in [4.69, 9.17) is 0 Å². The predicted molar refractivity (Wildman–Crippen MR) is 97.0 cm³/mol. The first kappa shape index (κ1) is 15.3. The summed E-state index contributed by atoms with van der Waals surface area (Å²) >= 11 is 0. The second-order valence-electron chi connectivity index (χ2n) is 7.37. The van der Waals surface area contributed by atoms with Gasteiger partial charge in [-0.1, -0.05) is 42.5 Å². The van der Waals surface area contributed by atoms with Crippen molar-refractivity contribution >= 4 is 34.2 Å². The van der Waals surface area contributed by atoms with Crippen molar-refractivity contribution in [1.29, 1.82) is 0 Å². The summed E-state index contributed by atoms with van der Waals surface area (Å²) < 4.78 is 0. The van der Waals surface area contributed by atoms with Gasteiger partial charge in [0.2, 0.25) is 17.7 Å². The van der Waals surface area contributed by atoms with Gasteiger partial charge in [-0.3, -0.25) is 19.3 Å². The zero-order valence-electron chi connectivity index (χ0n) is 14.1. The summed E-state index contributed by atoms with van der Waals surface area (Å²) in [6.07, 6.45) is 5.00. The molecule has 0 aromatic heterocycles. The van der Waals surface area contributed by atoms with Gasteiger partial charge >= 0.3 is 0 Å². The normalized spacial score (nSPS) is 28.8. The van der Waals surface area contributed by atoms with Gasteiger partial charge in [0.15, 0.2) is 0 Å². The molecule has 0 radical (unpaired) electrons. The van der Waals surface area contributed by atoms with E-state index < -0.39 is 0 Å². The molecule has 130 valence electrons. The van der Waals surface area contributed by atoms with Crippen LogP contribution in [-0.4, -0.2) is 29.2 Å². The van der Waals surface area contributed by atoms with Gasteiger partial charge in [-0.2, -0.15) is 0 Å². The number of benzene rings is 2. The van der Waals surface area contributed by atoms with Crippen LogP contribution in [0.25, 0.3) is 10.8 Å². The largest absolute Gasteiger partial charge is 0.325 e. The molecule has 2 bridgehead atoms. The first-order chi connectivity index (χ1) is 12.6. The molecule has 1 heterocycles. The Kier molecular flexibility index (Phi) is 3.26. The Balaban J connectivity index is 1.31. The molecule has 1 saturated carbocycles. The Morgan fingerprint density at radius 2 is 1.62 bits per heavy atom. The number of amides is 3. The Bertz CT molecular complexity index is 950. The van der Waals surface area contributed by atoms with Crippen LogP contribution in [0.1, 0.15) is 6.42 Å². The number of rotatable bonds is 3. The van der Waals surface area contributed by atoms with Crippen molar-refractivity contribution < 1.29 is 14.4 Å². The molecule has 5 heteroatoms. The van der Waals surface area contributed by atoms with Crippen LogP contribution in [-0.2, 0) is 14.4 Å². The van der Waals surface area contributed by atoms with Crippen molar-refractivity contribution in [3.05, 3.63) is 54.6 Å². The van der Waals surface area contributed by atoms with E-state index in [9.17, 15) is 14.4 Å². The zero-order chi connectivity index (χ0) is 17.8. The SMILES string of the molecule is O=C(CN1C(=O)[C@H]2[C@H](C1=O)[C@H]1C=C[C@H]2C1)Nc1ccc2ccccc2c1. The minimum absolute atomic E-state index is 0.162. The molecule has 0 spiro atoms. The van der Waals surface area contributed by atoms with Gasteiger partial charge in [0.1, 0.15) is 6.54 Å². The van der Waals surface area contributed by atoms with Crippen LogP contribution in [0.5, 0.6) is 0 Å². The number of nitrogens with zero attached hydrogens (tertiary/aromatic N) is 1. The van der Waals surface area contributed by atoms with Gasteiger partial charge in [-0.05, 0) is 41.2 Å². The fourth-order valence-electron chi connectivity index (χ4n) is 4.73. The molecule has 5 nitrogen and oxygen atoms in total. The third-order valence-corrected chi connectivity index (χ3v) is 5.90. The van der Waals surface area contributed by atoms with Crippen LogP contribution in [0, 0.1) is 23.7 Å². The third kappa shape index (κ3) is 2.20. The quantitative estimate of drug-likeness (QED) is 0.686. The molecule has 1 N–H and O–H groups in total. The molecule has 1 saturated heterocycles. The lowest BCUT2D eigenvalue weighted by molar-refractivity contribution is -0.143.